The second-order valence-electron chi connectivity index (χ2n) is 15.9. The molecule has 0 unspecified atom stereocenters. The van der Waals surface area contributed by atoms with Crippen molar-refractivity contribution < 1.29 is 46.6 Å². The molecule has 62 heavy (non-hydrogen) atoms. The van der Waals surface area contributed by atoms with Gasteiger partial charge in [-0.2, -0.15) is 0 Å². The normalized spacial score (nSPS) is 20.1. The van der Waals surface area contributed by atoms with Crippen molar-refractivity contribution in [1.29, 1.82) is 0 Å². The minimum Gasteiger partial charge on any atom is -0.497 e. The van der Waals surface area contributed by atoms with Crippen molar-refractivity contribution in [1.82, 2.24) is 30.6 Å². The Morgan fingerprint density at radius 1 is 1.00 bits per heavy atom. The van der Waals surface area contributed by atoms with Gasteiger partial charge in [-0.25, -0.2) is 22.9 Å². The first-order chi connectivity index (χ1) is 29.5. The molecule has 0 radical (unpaired) electrons. The number of rotatable bonds is 15. The number of nitrogens with zero attached hydrogens (tertiary/aromatic N) is 2. The van der Waals surface area contributed by atoms with Crippen LogP contribution >= 0.6 is 0 Å². The summed E-state index contributed by atoms with van der Waals surface area (Å²) in [5, 5.41) is 8.51. The molecule has 2 aliphatic rings. The number of nitrogens with one attached hydrogen (secondary N) is 4. The van der Waals surface area contributed by atoms with Crippen LogP contribution in [0.4, 0.5) is 4.79 Å². The lowest BCUT2D eigenvalue weighted by Crippen LogP contribution is -2.59. The summed E-state index contributed by atoms with van der Waals surface area (Å²) in [5.74, 6) is -2.75. The molecule has 6 rings (SSSR count). The van der Waals surface area contributed by atoms with Gasteiger partial charge < -0.3 is 35.1 Å². The van der Waals surface area contributed by atoms with Gasteiger partial charge in [-0.3, -0.25) is 19.2 Å². The summed E-state index contributed by atoms with van der Waals surface area (Å²) in [6.45, 7) is 9.80. The fourth-order valence-corrected chi connectivity index (χ4v) is 8.24. The fourth-order valence-electron chi connectivity index (χ4n) is 7.18. The summed E-state index contributed by atoms with van der Waals surface area (Å²) in [7, 11) is -2.79. The summed E-state index contributed by atoms with van der Waals surface area (Å²) in [6.07, 6.45) is 2.35. The molecule has 1 aliphatic carbocycles. The quantitative estimate of drug-likeness (QED) is 0.0972. The molecule has 4 aromatic rings. The third-order valence-corrected chi connectivity index (χ3v) is 11.7. The van der Waals surface area contributed by atoms with E-state index in [4.69, 9.17) is 19.2 Å². The Hall–Kier alpha value is -6.75. The molecule has 1 aromatic heterocycles. The zero-order chi connectivity index (χ0) is 44.8. The molecule has 5 amide bonds. The highest BCUT2D eigenvalue weighted by atomic mass is 32.2. The number of alkyl carbamates (subject to hydrolysis) is 1. The van der Waals surface area contributed by atoms with Gasteiger partial charge in [-0.15, -0.1) is 6.58 Å². The van der Waals surface area contributed by atoms with Crippen LogP contribution in [0.2, 0.25) is 0 Å². The third kappa shape index (κ3) is 10.4. The van der Waals surface area contributed by atoms with Crippen molar-refractivity contribution in [3.05, 3.63) is 110 Å². The van der Waals surface area contributed by atoms with Crippen LogP contribution in [0.25, 0.3) is 22.2 Å². The van der Waals surface area contributed by atoms with Crippen LogP contribution < -0.4 is 30.1 Å². The molecule has 3 aromatic carbocycles. The highest BCUT2D eigenvalue weighted by Crippen LogP contribution is 2.45. The van der Waals surface area contributed by atoms with Crippen molar-refractivity contribution in [2.45, 2.75) is 74.8 Å². The predicted molar refractivity (Wildman–Crippen MR) is 230 cm³/mol. The van der Waals surface area contributed by atoms with Gasteiger partial charge in [0.05, 0.1) is 29.8 Å². The van der Waals surface area contributed by atoms with Crippen LogP contribution in [0.5, 0.6) is 11.5 Å². The number of allylic oxidation sites excluding steroid dienone is 1. The number of likely N-dealkylation sites (tertiary alicyclic amines) is 1. The highest BCUT2D eigenvalue weighted by molar-refractivity contribution is 7.90. The maximum absolute atomic E-state index is 14.7. The van der Waals surface area contributed by atoms with Crippen molar-refractivity contribution in [2.24, 2.45) is 5.92 Å². The number of amides is 5. The zero-order valence-corrected chi connectivity index (χ0v) is 35.9. The fraction of sp³-hybridized carbons (Fsp3) is 0.333. The van der Waals surface area contributed by atoms with Gasteiger partial charge in [0.25, 0.3) is 15.9 Å². The number of methoxy groups -OCH3 is 1. The van der Waals surface area contributed by atoms with Gasteiger partial charge in [-0.05, 0) is 64.5 Å². The standard InChI is InChI=1S/C45H50N6O10S/c1-7-15-39(52)46-26-36(48-43(56)61-44(3,4)5)41(54)51-27-31(60-38-24-34(28-16-11-9-12-17-28)47-35-22-30(59-6)20-21-33(35)38)23-37(51)40(53)49-45(25-29(45)8-2)42(55)50-62(57,58)32-18-13-10-14-19-32/h7-22,24,29,31,36-37H,2,23,25-27H2,1,3-6H3,(H,46,52)(H,48,56)(H,49,53)(H,50,55)/b15-7-/t29-,31+,36-,37-,45-/m1/s1. The first-order valence-electron chi connectivity index (χ1n) is 19.9. The van der Waals surface area contributed by atoms with E-state index in [-0.39, 0.29) is 30.8 Å². The molecule has 4 N–H and O–H groups in total. The Bertz CT molecular complexity index is 2490. The zero-order valence-electron chi connectivity index (χ0n) is 35.0. The van der Waals surface area contributed by atoms with Crippen LogP contribution in [-0.4, -0.2) is 97.6 Å². The minimum absolute atomic E-state index is 0.0352. The summed E-state index contributed by atoms with van der Waals surface area (Å²) < 4.78 is 46.1. The highest BCUT2D eigenvalue weighted by Gasteiger charge is 2.61. The number of carbonyl (C=O) groups excluding carboxylic acids is 5. The van der Waals surface area contributed by atoms with Crippen molar-refractivity contribution in [3.8, 4) is 22.8 Å². The molecule has 1 saturated heterocycles. The molecule has 0 spiro atoms. The average molecular weight is 867 g/mol. The number of hydrogen-bond donors (Lipinski definition) is 4. The lowest BCUT2D eigenvalue weighted by Gasteiger charge is -2.30. The minimum atomic E-state index is -4.33. The lowest BCUT2D eigenvalue weighted by atomic mass is 10.1. The molecule has 16 nitrogen and oxygen atoms in total. The van der Waals surface area contributed by atoms with Gasteiger partial charge >= 0.3 is 6.09 Å². The number of sulfonamides is 1. The van der Waals surface area contributed by atoms with Gasteiger partial charge in [-0.1, -0.05) is 60.7 Å². The summed E-state index contributed by atoms with van der Waals surface area (Å²) in [6, 6.07) is 21.0. The number of pyridine rings is 1. The van der Waals surface area contributed by atoms with E-state index in [1.54, 1.807) is 65.1 Å². The van der Waals surface area contributed by atoms with E-state index >= 15 is 0 Å². The Balaban J connectivity index is 1.35. The predicted octanol–water partition coefficient (Wildman–Crippen LogP) is 4.41. The molecule has 17 heteroatoms. The average Bonchev–Trinajstić information content (AvgIpc) is 3.80. The van der Waals surface area contributed by atoms with Gasteiger partial charge in [0.2, 0.25) is 17.7 Å². The van der Waals surface area contributed by atoms with Crippen LogP contribution in [0.1, 0.15) is 40.5 Å². The first kappa shape index (κ1) is 44.8. The molecular weight excluding hydrogens is 817 g/mol. The van der Waals surface area contributed by atoms with Gasteiger partial charge in [0.15, 0.2) is 0 Å². The number of ether oxygens (including phenoxy) is 3. The molecule has 326 valence electrons. The SMILES string of the molecule is C=C[C@@H]1C[C@]1(NC(=O)[C@H]1C[C@H](Oc2cc(-c3ccccc3)nc3cc(OC)ccc23)CN1C(=O)[C@@H](CNC(=O)/C=C\C)NC(=O)OC(C)(C)C)C(=O)NS(=O)(=O)c1ccccc1. The molecule has 2 heterocycles. The molecular formula is C45H50N6O10S. The van der Waals surface area contributed by atoms with E-state index in [1.807, 2.05) is 30.3 Å². The Kier molecular flexibility index (Phi) is 13.3. The Labute approximate surface area is 360 Å². The summed E-state index contributed by atoms with van der Waals surface area (Å²) in [4.78, 5) is 74.7. The van der Waals surface area contributed by atoms with Crippen molar-refractivity contribution >= 4 is 50.6 Å². The maximum atomic E-state index is 14.7. The number of fused-ring (bicyclic) bond motifs is 1. The monoisotopic (exact) mass is 866 g/mol. The number of aromatic nitrogens is 1. The summed E-state index contributed by atoms with van der Waals surface area (Å²) >= 11 is 0. The van der Waals surface area contributed by atoms with Crippen LogP contribution in [0, 0.1) is 5.92 Å². The third-order valence-electron chi connectivity index (χ3n) is 10.3. The maximum Gasteiger partial charge on any atom is 0.408 e. The van der Waals surface area contributed by atoms with E-state index in [9.17, 15) is 32.4 Å². The van der Waals surface area contributed by atoms with Crippen molar-refractivity contribution in [2.75, 3.05) is 20.2 Å². The van der Waals surface area contributed by atoms with E-state index in [1.165, 1.54) is 47.4 Å². The summed E-state index contributed by atoms with van der Waals surface area (Å²) in [5.41, 5.74) is -0.707. The van der Waals surface area contributed by atoms with E-state index < -0.39 is 75.0 Å². The number of hydrogen-bond acceptors (Lipinski definition) is 11. The largest absolute Gasteiger partial charge is 0.497 e. The van der Waals surface area contributed by atoms with Gasteiger partial charge in [0.1, 0.15) is 40.8 Å². The molecule has 1 saturated carbocycles. The lowest BCUT2D eigenvalue weighted by molar-refractivity contribution is -0.141. The number of benzene rings is 3. The first-order valence-corrected chi connectivity index (χ1v) is 21.4. The van der Waals surface area contributed by atoms with Crippen LogP contribution in [-0.2, 0) is 33.9 Å². The molecule has 0 bridgehead atoms. The Morgan fingerprint density at radius 3 is 2.32 bits per heavy atom. The second-order valence-corrected chi connectivity index (χ2v) is 17.6. The Morgan fingerprint density at radius 2 is 1.69 bits per heavy atom. The topological polar surface area (TPSA) is 211 Å². The smallest absolute Gasteiger partial charge is 0.408 e. The molecule has 5 atom stereocenters. The molecule has 2 fully saturated rings. The second kappa shape index (κ2) is 18.5. The molecule has 1 aliphatic heterocycles. The van der Waals surface area contributed by atoms with E-state index in [0.717, 1.165) is 5.56 Å². The van der Waals surface area contributed by atoms with E-state index in [0.29, 0.717) is 28.1 Å². The van der Waals surface area contributed by atoms with Crippen molar-refractivity contribution in [3.63, 3.8) is 0 Å². The van der Waals surface area contributed by atoms with Crippen LogP contribution in [0.15, 0.2) is 115 Å². The van der Waals surface area contributed by atoms with Gasteiger partial charge in [0, 0.05) is 42.0 Å². The number of carbonyl (C=O) groups is 5. The van der Waals surface area contributed by atoms with Crippen LogP contribution in [0.3, 0.4) is 0 Å². The van der Waals surface area contributed by atoms with E-state index in [2.05, 4.69) is 27.3 Å².